The van der Waals surface area contributed by atoms with Gasteiger partial charge >= 0.3 is 0 Å². The Morgan fingerprint density at radius 1 is 1.04 bits per heavy atom. The maximum absolute atomic E-state index is 6.13. The topological polar surface area (TPSA) is 72.0 Å². The molecule has 128 valence electrons. The monoisotopic (exact) mass is 355 g/mol. The van der Waals surface area contributed by atoms with E-state index in [4.69, 9.17) is 16.3 Å². The van der Waals surface area contributed by atoms with E-state index < -0.39 is 0 Å². The first-order chi connectivity index (χ1) is 12.1. The molecule has 3 rings (SSSR count). The largest absolute Gasteiger partial charge is 0.494 e. The zero-order valence-corrected chi connectivity index (χ0v) is 14.7. The van der Waals surface area contributed by atoms with Gasteiger partial charge in [0.2, 0.25) is 5.95 Å². The van der Waals surface area contributed by atoms with E-state index in [1.165, 1.54) is 0 Å². The fourth-order valence-electron chi connectivity index (χ4n) is 2.17. The lowest BCUT2D eigenvalue weighted by Crippen LogP contribution is -2.02. The maximum Gasteiger partial charge on any atom is 0.249 e. The molecule has 2 aromatic carbocycles. The number of benzene rings is 2. The molecule has 0 bridgehead atoms. The van der Waals surface area contributed by atoms with Crippen molar-refractivity contribution in [2.75, 3.05) is 17.2 Å². The smallest absolute Gasteiger partial charge is 0.249 e. The highest BCUT2D eigenvalue weighted by atomic mass is 35.5. The molecule has 25 heavy (non-hydrogen) atoms. The van der Waals surface area contributed by atoms with Gasteiger partial charge < -0.3 is 15.4 Å². The molecule has 0 saturated carbocycles. The minimum atomic E-state index is 0.385. The number of anilines is 4. The van der Waals surface area contributed by atoms with Gasteiger partial charge in [0.05, 0.1) is 12.8 Å². The van der Waals surface area contributed by atoms with Crippen LogP contribution >= 0.6 is 11.6 Å². The Morgan fingerprint density at radius 2 is 1.80 bits per heavy atom. The van der Waals surface area contributed by atoms with Crippen molar-refractivity contribution in [1.82, 2.24) is 15.2 Å². The summed E-state index contributed by atoms with van der Waals surface area (Å²) in [5, 5.41) is 14.9. The minimum absolute atomic E-state index is 0.385. The first-order valence-electron chi connectivity index (χ1n) is 7.87. The number of ether oxygens (including phenoxy) is 1. The molecule has 6 nitrogen and oxygen atoms in total. The Kier molecular flexibility index (Phi) is 5.30. The van der Waals surface area contributed by atoms with Crippen molar-refractivity contribution in [3.63, 3.8) is 0 Å². The summed E-state index contributed by atoms with van der Waals surface area (Å²) in [7, 11) is 0. The molecule has 0 unspecified atom stereocenters. The number of nitrogens with zero attached hydrogens (tertiary/aromatic N) is 3. The number of rotatable bonds is 6. The number of hydrogen-bond acceptors (Lipinski definition) is 6. The van der Waals surface area contributed by atoms with E-state index in [0.29, 0.717) is 23.4 Å². The van der Waals surface area contributed by atoms with Gasteiger partial charge in [-0.2, -0.15) is 10.1 Å². The van der Waals surface area contributed by atoms with E-state index in [-0.39, 0.29) is 0 Å². The van der Waals surface area contributed by atoms with Crippen molar-refractivity contribution >= 4 is 34.7 Å². The summed E-state index contributed by atoms with van der Waals surface area (Å²) in [5.74, 6) is 1.79. The average molecular weight is 356 g/mol. The maximum atomic E-state index is 6.13. The molecule has 0 aliphatic rings. The predicted octanol–water partition coefficient (Wildman–Crippen LogP) is 4.72. The number of hydrogen-bond donors (Lipinski definition) is 2. The zero-order valence-electron chi connectivity index (χ0n) is 14.0. The van der Waals surface area contributed by atoms with Gasteiger partial charge in [0.25, 0.3) is 0 Å². The van der Waals surface area contributed by atoms with Crippen LogP contribution in [0.15, 0.2) is 48.7 Å². The molecular formula is C18H18ClN5O. The first-order valence-corrected chi connectivity index (χ1v) is 8.24. The van der Waals surface area contributed by atoms with E-state index in [2.05, 4.69) is 25.8 Å². The third-order valence-electron chi connectivity index (χ3n) is 3.42. The van der Waals surface area contributed by atoms with Crippen molar-refractivity contribution in [1.29, 1.82) is 0 Å². The van der Waals surface area contributed by atoms with Crippen LogP contribution in [0, 0.1) is 6.92 Å². The number of nitrogens with one attached hydrogen (secondary N) is 2. The predicted molar refractivity (Wildman–Crippen MR) is 100 cm³/mol. The van der Waals surface area contributed by atoms with Crippen molar-refractivity contribution in [3.05, 3.63) is 59.2 Å². The lowest BCUT2D eigenvalue weighted by Gasteiger charge is -2.09. The minimum Gasteiger partial charge on any atom is -0.494 e. The molecular weight excluding hydrogens is 338 g/mol. The van der Waals surface area contributed by atoms with Gasteiger partial charge in [0.15, 0.2) is 5.82 Å². The standard InChI is InChI=1S/C18H18ClN5O/c1-3-25-15-8-6-13(7-9-15)21-17-11-20-24-18(23-17)22-14-5-4-12(2)16(19)10-14/h4-11H,3H2,1-2H3,(H2,21,22,23,24). The summed E-state index contributed by atoms with van der Waals surface area (Å²) in [4.78, 5) is 4.40. The third-order valence-corrected chi connectivity index (χ3v) is 3.83. The molecule has 1 heterocycles. The van der Waals surface area contributed by atoms with E-state index in [0.717, 1.165) is 22.7 Å². The summed E-state index contributed by atoms with van der Waals surface area (Å²) in [6, 6.07) is 13.3. The molecule has 3 aromatic rings. The molecule has 0 amide bonds. The summed E-state index contributed by atoms with van der Waals surface area (Å²) < 4.78 is 5.43. The van der Waals surface area contributed by atoms with Gasteiger partial charge in [0.1, 0.15) is 5.75 Å². The van der Waals surface area contributed by atoms with Crippen LogP contribution in [0.2, 0.25) is 5.02 Å². The highest BCUT2D eigenvalue weighted by Crippen LogP contribution is 2.23. The van der Waals surface area contributed by atoms with E-state index >= 15 is 0 Å². The number of halogens is 1. The van der Waals surface area contributed by atoms with E-state index in [1.54, 1.807) is 6.20 Å². The van der Waals surface area contributed by atoms with Gasteiger partial charge in [-0.05, 0) is 55.8 Å². The Balaban J connectivity index is 1.71. The Bertz CT molecular complexity index is 854. The second-order valence-electron chi connectivity index (χ2n) is 5.34. The van der Waals surface area contributed by atoms with Crippen LogP contribution in [0.3, 0.4) is 0 Å². The molecule has 0 atom stereocenters. The molecule has 0 radical (unpaired) electrons. The van der Waals surface area contributed by atoms with Gasteiger partial charge in [-0.3, -0.25) is 0 Å². The fourth-order valence-corrected chi connectivity index (χ4v) is 2.35. The first kappa shape index (κ1) is 17.0. The Morgan fingerprint density at radius 3 is 2.52 bits per heavy atom. The van der Waals surface area contributed by atoms with Crippen LogP contribution in [-0.4, -0.2) is 21.8 Å². The lowest BCUT2D eigenvalue weighted by molar-refractivity contribution is 0.340. The summed E-state index contributed by atoms with van der Waals surface area (Å²) in [5.41, 5.74) is 2.70. The number of aromatic nitrogens is 3. The summed E-state index contributed by atoms with van der Waals surface area (Å²) in [6.07, 6.45) is 1.56. The van der Waals surface area contributed by atoms with Crippen molar-refractivity contribution < 1.29 is 4.74 Å². The third kappa shape index (κ3) is 4.58. The van der Waals surface area contributed by atoms with Gasteiger partial charge in [-0.15, -0.1) is 5.10 Å². The molecule has 2 N–H and O–H groups in total. The van der Waals surface area contributed by atoms with Crippen LogP contribution in [0.1, 0.15) is 12.5 Å². The van der Waals surface area contributed by atoms with Gasteiger partial charge in [-0.25, -0.2) is 0 Å². The second-order valence-corrected chi connectivity index (χ2v) is 5.74. The molecule has 7 heteroatoms. The average Bonchev–Trinajstić information content (AvgIpc) is 2.61. The van der Waals surface area contributed by atoms with Gasteiger partial charge in [-0.1, -0.05) is 17.7 Å². The van der Waals surface area contributed by atoms with Crippen molar-refractivity contribution in [3.8, 4) is 5.75 Å². The highest BCUT2D eigenvalue weighted by molar-refractivity contribution is 6.31. The Hall–Kier alpha value is -2.86. The van der Waals surface area contributed by atoms with E-state index in [9.17, 15) is 0 Å². The Labute approximate surface area is 151 Å². The normalized spacial score (nSPS) is 10.4. The second kappa shape index (κ2) is 7.81. The van der Waals surface area contributed by atoms with Crippen LogP contribution in [0.4, 0.5) is 23.1 Å². The zero-order chi connectivity index (χ0) is 17.6. The molecule has 0 aliphatic heterocycles. The van der Waals surface area contributed by atoms with E-state index in [1.807, 2.05) is 56.3 Å². The SMILES string of the molecule is CCOc1ccc(Nc2cnnc(Nc3ccc(C)c(Cl)c3)n2)cc1. The summed E-state index contributed by atoms with van der Waals surface area (Å²) >= 11 is 6.13. The lowest BCUT2D eigenvalue weighted by atomic mass is 10.2. The van der Waals surface area contributed by atoms with Crippen LogP contribution in [0.25, 0.3) is 0 Å². The number of aryl methyl sites for hydroxylation is 1. The molecule has 0 saturated heterocycles. The van der Waals surface area contributed by atoms with Crippen LogP contribution in [0.5, 0.6) is 5.75 Å². The van der Waals surface area contributed by atoms with Crippen molar-refractivity contribution in [2.24, 2.45) is 0 Å². The van der Waals surface area contributed by atoms with Crippen LogP contribution in [-0.2, 0) is 0 Å². The molecule has 0 fully saturated rings. The van der Waals surface area contributed by atoms with Gasteiger partial charge in [0, 0.05) is 16.4 Å². The van der Waals surface area contributed by atoms with Crippen molar-refractivity contribution in [2.45, 2.75) is 13.8 Å². The summed E-state index contributed by atoms with van der Waals surface area (Å²) in [6.45, 7) is 4.54. The highest BCUT2D eigenvalue weighted by Gasteiger charge is 2.04. The molecule has 0 aliphatic carbocycles. The quantitative estimate of drug-likeness (QED) is 0.666. The van der Waals surface area contributed by atoms with Crippen LogP contribution < -0.4 is 15.4 Å². The molecule has 1 aromatic heterocycles. The molecule has 0 spiro atoms. The fraction of sp³-hybridized carbons (Fsp3) is 0.167.